The smallest absolute Gasteiger partial charge is 0.413 e. The molecule has 1 aromatic carbocycles. The number of aromatic nitrogens is 4. The van der Waals surface area contributed by atoms with Crippen molar-refractivity contribution in [3.63, 3.8) is 0 Å². The Morgan fingerprint density at radius 1 is 1.19 bits per heavy atom. The molecule has 36 heavy (non-hydrogen) atoms. The molecule has 0 bridgehead atoms. The highest BCUT2D eigenvalue weighted by atomic mass is 35.5. The highest BCUT2D eigenvalue weighted by Gasteiger charge is 2.18. The van der Waals surface area contributed by atoms with E-state index in [9.17, 15) is 23.6 Å². The molecule has 0 aliphatic carbocycles. The van der Waals surface area contributed by atoms with E-state index in [4.69, 9.17) is 32.7 Å². The van der Waals surface area contributed by atoms with Gasteiger partial charge in [-0.3, -0.25) is 19.9 Å². The number of H-pyrrole nitrogens is 1. The van der Waals surface area contributed by atoms with Crippen LogP contribution >= 0.6 is 23.2 Å². The number of hydrogen-bond acceptors (Lipinski definition) is 7. The predicted molar refractivity (Wildman–Crippen MR) is 131 cm³/mol. The van der Waals surface area contributed by atoms with E-state index in [0.29, 0.717) is 6.42 Å². The molecule has 0 radical (unpaired) electrons. The van der Waals surface area contributed by atoms with Gasteiger partial charge in [-0.25, -0.2) is 14.0 Å². The summed E-state index contributed by atoms with van der Waals surface area (Å²) >= 11 is 12.6. The van der Waals surface area contributed by atoms with Crippen LogP contribution in [0, 0.1) is 5.82 Å². The monoisotopic (exact) mass is 541 g/mol. The topological polar surface area (TPSA) is 137 Å². The quantitative estimate of drug-likeness (QED) is 0.406. The number of unbranched alkanes of at least 4 members (excludes halogenated alkanes) is 1. The van der Waals surface area contributed by atoms with E-state index in [1.54, 1.807) is 13.8 Å². The number of carbonyl (C=O) groups excluding carboxylic acids is 1. The number of benzene rings is 1. The molecule has 2 heterocycles. The lowest BCUT2D eigenvalue weighted by molar-refractivity contribution is 0.159. The van der Waals surface area contributed by atoms with Gasteiger partial charge in [-0.2, -0.15) is 4.68 Å². The molecule has 0 spiro atoms. The summed E-state index contributed by atoms with van der Waals surface area (Å²) in [4.78, 5) is 50.3. The van der Waals surface area contributed by atoms with Crippen LogP contribution < -0.4 is 26.9 Å². The van der Waals surface area contributed by atoms with Gasteiger partial charge in [0.25, 0.3) is 11.1 Å². The number of aromatic amines is 1. The van der Waals surface area contributed by atoms with Crippen molar-refractivity contribution >= 4 is 35.1 Å². The van der Waals surface area contributed by atoms with Gasteiger partial charge in [-0.15, -0.1) is 5.10 Å². The SMILES string of the molecule is CCCCOC(=O)Nc1nn(-c2cc(Cl)c(Oc3cc(F)c(=O)n(C(C)C)c3)c(Cl)c2)c(=O)[nH]c1=O. The maximum absolute atomic E-state index is 14.1. The van der Waals surface area contributed by atoms with Gasteiger partial charge >= 0.3 is 11.8 Å². The van der Waals surface area contributed by atoms with Gasteiger partial charge in [-0.1, -0.05) is 36.5 Å². The van der Waals surface area contributed by atoms with E-state index in [-0.39, 0.29) is 39.9 Å². The van der Waals surface area contributed by atoms with Gasteiger partial charge in [-0.05, 0) is 32.4 Å². The van der Waals surface area contributed by atoms with E-state index < -0.39 is 34.5 Å². The minimum Gasteiger partial charge on any atom is -0.453 e. The highest BCUT2D eigenvalue weighted by Crippen LogP contribution is 2.38. The van der Waals surface area contributed by atoms with Crippen molar-refractivity contribution in [2.24, 2.45) is 0 Å². The lowest BCUT2D eigenvalue weighted by atomic mass is 10.3. The number of amides is 1. The van der Waals surface area contributed by atoms with Crippen molar-refractivity contribution in [2.75, 3.05) is 11.9 Å². The molecule has 1 amide bonds. The number of halogens is 3. The van der Waals surface area contributed by atoms with E-state index in [1.165, 1.54) is 18.3 Å². The number of carbonyl (C=O) groups is 1. The number of rotatable bonds is 8. The molecule has 3 rings (SSSR count). The number of pyridine rings is 1. The fourth-order valence-electron chi connectivity index (χ4n) is 2.97. The van der Waals surface area contributed by atoms with Crippen molar-refractivity contribution in [1.29, 1.82) is 0 Å². The van der Waals surface area contributed by atoms with Gasteiger partial charge in [0.1, 0.15) is 5.75 Å². The predicted octanol–water partition coefficient (Wildman–Crippen LogP) is 4.25. The zero-order valence-corrected chi connectivity index (χ0v) is 20.9. The summed E-state index contributed by atoms with van der Waals surface area (Å²) in [6.07, 6.45) is 1.83. The third kappa shape index (κ3) is 6.13. The third-order valence-electron chi connectivity index (χ3n) is 4.76. The Labute approximate surface area is 213 Å². The van der Waals surface area contributed by atoms with Crippen molar-refractivity contribution < 1.29 is 18.7 Å². The van der Waals surface area contributed by atoms with E-state index in [1.807, 2.05) is 11.9 Å². The fourth-order valence-corrected chi connectivity index (χ4v) is 3.52. The Kier molecular flexibility index (Phi) is 8.53. The molecule has 2 aromatic heterocycles. The van der Waals surface area contributed by atoms with Gasteiger partial charge in [0, 0.05) is 12.1 Å². The largest absolute Gasteiger partial charge is 0.453 e. The second kappa shape index (κ2) is 11.4. The molecule has 14 heteroatoms. The van der Waals surface area contributed by atoms with Crippen LogP contribution in [0.2, 0.25) is 10.0 Å². The molecular formula is C22H22Cl2FN5O6. The van der Waals surface area contributed by atoms with E-state index in [2.05, 4.69) is 10.4 Å². The molecular weight excluding hydrogens is 520 g/mol. The molecule has 0 saturated carbocycles. The van der Waals surface area contributed by atoms with Crippen molar-refractivity contribution in [3.05, 3.63) is 71.5 Å². The second-order valence-corrected chi connectivity index (χ2v) is 8.62. The maximum Gasteiger partial charge on any atom is 0.413 e. The van der Waals surface area contributed by atoms with Crippen LogP contribution in [0.25, 0.3) is 5.69 Å². The summed E-state index contributed by atoms with van der Waals surface area (Å²) in [5.74, 6) is -1.63. The first kappa shape index (κ1) is 27.0. The third-order valence-corrected chi connectivity index (χ3v) is 5.32. The summed E-state index contributed by atoms with van der Waals surface area (Å²) in [6, 6.07) is 3.07. The second-order valence-electron chi connectivity index (χ2n) is 7.80. The fraction of sp³-hybridized carbons (Fsp3) is 0.318. The lowest BCUT2D eigenvalue weighted by Crippen LogP contribution is -2.34. The Morgan fingerprint density at radius 2 is 1.86 bits per heavy atom. The van der Waals surface area contributed by atoms with Crippen molar-refractivity contribution in [1.82, 2.24) is 19.3 Å². The molecule has 3 aromatic rings. The Bertz CT molecular complexity index is 1440. The number of nitrogens with zero attached hydrogens (tertiary/aromatic N) is 3. The molecule has 0 saturated heterocycles. The van der Waals surface area contributed by atoms with Gasteiger partial charge in [0.05, 0.1) is 28.5 Å². The normalized spacial score (nSPS) is 11.0. The molecule has 0 atom stereocenters. The highest BCUT2D eigenvalue weighted by molar-refractivity contribution is 6.37. The van der Waals surface area contributed by atoms with Crippen LogP contribution in [0.3, 0.4) is 0 Å². The Morgan fingerprint density at radius 3 is 2.47 bits per heavy atom. The van der Waals surface area contributed by atoms with Crippen LogP contribution in [0.4, 0.5) is 15.0 Å². The minimum atomic E-state index is -1.03. The van der Waals surface area contributed by atoms with Crippen LogP contribution in [-0.2, 0) is 4.74 Å². The summed E-state index contributed by atoms with van der Waals surface area (Å²) in [6.45, 7) is 5.45. The summed E-state index contributed by atoms with van der Waals surface area (Å²) < 4.78 is 26.5. The first-order valence-corrected chi connectivity index (χ1v) is 11.5. The average Bonchev–Trinajstić information content (AvgIpc) is 2.80. The maximum atomic E-state index is 14.1. The molecule has 0 aliphatic rings. The van der Waals surface area contributed by atoms with Crippen LogP contribution in [0.1, 0.15) is 39.7 Å². The lowest BCUT2D eigenvalue weighted by Gasteiger charge is -2.15. The van der Waals surface area contributed by atoms with E-state index >= 15 is 0 Å². The number of hydrogen-bond donors (Lipinski definition) is 2. The first-order chi connectivity index (χ1) is 17.0. The molecule has 192 valence electrons. The van der Waals surface area contributed by atoms with Crippen molar-refractivity contribution in [2.45, 2.75) is 39.7 Å². The van der Waals surface area contributed by atoms with E-state index in [0.717, 1.165) is 21.7 Å². The van der Waals surface area contributed by atoms with Gasteiger partial charge in [0.2, 0.25) is 5.82 Å². The van der Waals surface area contributed by atoms with Crippen molar-refractivity contribution in [3.8, 4) is 17.2 Å². The standard InChI is InChI=1S/C22H22Cl2FN5O6/c1-4-5-6-35-22(34)26-18-19(31)27-21(33)30(28-18)12-7-14(23)17(15(24)8-12)36-13-9-16(25)20(32)29(10-13)11(2)3/h7-11H,4-6H2,1-3H3,(H,26,28,34)(H,27,31,33). The molecule has 11 nitrogen and oxygen atoms in total. The summed E-state index contributed by atoms with van der Waals surface area (Å²) in [5, 5.41) is 5.86. The first-order valence-electron chi connectivity index (χ1n) is 10.8. The molecule has 0 aliphatic heterocycles. The van der Waals surface area contributed by atoms with Gasteiger partial charge in [0.15, 0.2) is 11.6 Å². The number of ether oxygens (including phenoxy) is 2. The van der Waals surface area contributed by atoms with Crippen LogP contribution in [0.15, 0.2) is 38.8 Å². The average molecular weight is 542 g/mol. The molecule has 0 fully saturated rings. The zero-order chi connectivity index (χ0) is 26.6. The van der Waals surface area contributed by atoms with Gasteiger partial charge < -0.3 is 14.0 Å². The summed E-state index contributed by atoms with van der Waals surface area (Å²) in [7, 11) is 0. The minimum absolute atomic E-state index is 0.0272. The Hall–Kier alpha value is -3.64. The van der Waals surface area contributed by atoms with Crippen LogP contribution in [-0.4, -0.2) is 32.0 Å². The zero-order valence-electron chi connectivity index (χ0n) is 19.4. The molecule has 2 N–H and O–H groups in total. The number of nitrogens with one attached hydrogen (secondary N) is 2. The Balaban J connectivity index is 1.95. The molecule has 0 unspecified atom stereocenters. The number of anilines is 1. The van der Waals surface area contributed by atoms with Crippen LogP contribution in [0.5, 0.6) is 11.5 Å². The summed E-state index contributed by atoms with van der Waals surface area (Å²) in [5.41, 5.74) is -2.66.